The first-order chi connectivity index (χ1) is 11.9. The maximum atomic E-state index is 5.90. The second-order valence-electron chi connectivity index (χ2n) is 5.86. The van der Waals surface area contributed by atoms with Crippen LogP contribution in [0.4, 0.5) is 0 Å². The summed E-state index contributed by atoms with van der Waals surface area (Å²) < 4.78 is 18.6. The summed E-state index contributed by atoms with van der Waals surface area (Å²) in [5.74, 6) is 4.31. The number of methoxy groups -OCH3 is 2. The molecular weight excluding hydrogens is 320 g/mol. The van der Waals surface area contributed by atoms with Crippen molar-refractivity contribution in [2.45, 2.75) is 34.2 Å². The topological polar surface area (TPSA) is 75.2 Å². The molecule has 0 atom stereocenters. The summed E-state index contributed by atoms with van der Waals surface area (Å²) >= 11 is 0. The smallest absolute Gasteiger partial charge is 0.230 e. The fraction of sp³-hybridized carbons (Fsp3) is 0.389. The molecule has 0 amide bonds. The van der Waals surface area contributed by atoms with E-state index in [0.29, 0.717) is 18.2 Å². The Kier molecular flexibility index (Phi) is 4.48. The highest BCUT2D eigenvalue weighted by atomic mass is 16.5. The zero-order valence-electron chi connectivity index (χ0n) is 15.4. The second-order valence-corrected chi connectivity index (χ2v) is 5.86. The van der Waals surface area contributed by atoms with Gasteiger partial charge in [0.1, 0.15) is 34.6 Å². The minimum absolute atomic E-state index is 0.513. The Labute approximate surface area is 146 Å². The van der Waals surface area contributed by atoms with Gasteiger partial charge in [-0.25, -0.2) is 14.6 Å². The first-order valence-electron chi connectivity index (χ1n) is 8.01. The van der Waals surface area contributed by atoms with Gasteiger partial charge in [-0.3, -0.25) is 0 Å². The zero-order valence-corrected chi connectivity index (χ0v) is 15.4. The van der Waals surface area contributed by atoms with Gasteiger partial charge in [0.2, 0.25) is 5.89 Å². The maximum Gasteiger partial charge on any atom is 0.230 e. The Hall–Kier alpha value is -2.83. The lowest BCUT2D eigenvalue weighted by Crippen LogP contribution is -2.05. The molecule has 2 heterocycles. The minimum atomic E-state index is 0.513. The summed E-state index contributed by atoms with van der Waals surface area (Å²) in [7, 11) is 3.26. The minimum Gasteiger partial charge on any atom is -0.496 e. The SMILES string of the molecule is COc1ccc(-c2nc(Cn3nc(C)nc3C)c(C)o2)c(OC)c1C. The number of aryl methyl sites for hydroxylation is 3. The van der Waals surface area contributed by atoms with Crippen LogP contribution in [-0.2, 0) is 6.54 Å². The Morgan fingerprint density at radius 1 is 1.04 bits per heavy atom. The fourth-order valence-electron chi connectivity index (χ4n) is 2.87. The quantitative estimate of drug-likeness (QED) is 0.708. The van der Waals surface area contributed by atoms with Crippen molar-refractivity contribution in [3.8, 4) is 23.0 Å². The van der Waals surface area contributed by atoms with Crippen molar-refractivity contribution in [1.29, 1.82) is 0 Å². The van der Waals surface area contributed by atoms with Crippen LogP contribution in [0.1, 0.15) is 28.7 Å². The molecule has 0 spiro atoms. The molecule has 0 saturated heterocycles. The van der Waals surface area contributed by atoms with Crippen LogP contribution in [0.2, 0.25) is 0 Å². The maximum absolute atomic E-state index is 5.90. The van der Waals surface area contributed by atoms with Gasteiger partial charge in [0.15, 0.2) is 0 Å². The van der Waals surface area contributed by atoms with Crippen molar-refractivity contribution in [1.82, 2.24) is 19.7 Å². The van der Waals surface area contributed by atoms with Crippen molar-refractivity contribution in [2.24, 2.45) is 0 Å². The molecular formula is C18H22N4O3. The lowest BCUT2D eigenvalue weighted by Gasteiger charge is -2.12. The van der Waals surface area contributed by atoms with E-state index in [1.54, 1.807) is 14.2 Å². The Balaban J connectivity index is 2.00. The van der Waals surface area contributed by atoms with Crippen LogP contribution < -0.4 is 9.47 Å². The molecule has 3 rings (SSSR count). The van der Waals surface area contributed by atoms with Gasteiger partial charge in [-0.2, -0.15) is 5.10 Å². The van der Waals surface area contributed by atoms with Crippen LogP contribution in [0.15, 0.2) is 16.5 Å². The van der Waals surface area contributed by atoms with Crippen LogP contribution in [-0.4, -0.2) is 34.0 Å². The molecule has 0 unspecified atom stereocenters. The molecule has 7 nitrogen and oxygen atoms in total. The third-order valence-corrected chi connectivity index (χ3v) is 4.17. The second kappa shape index (κ2) is 6.58. The van der Waals surface area contributed by atoms with Gasteiger partial charge in [0.25, 0.3) is 0 Å². The van der Waals surface area contributed by atoms with Gasteiger partial charge in [-0.1, -0.05) is 0 Å². The number of hydrogen-bond acceptors (Lipinski definition) is 6. The summed E-state index contributed by atoms with van der Waals surface area (Å²) in [6, 6.07) is 3.78. The molecule has 0 bridgehead atoms. The van der Waals surface area contributed by atoms with Crippen molar-refractivity contribution < 1.29 is 13.9 Å². The van der Waals surface area contributed by atoms with E-state index in [2.05, 4.69) is 15.1 Å². The number of benzene rings is 1. The van der Waals surface area contributed by atoms with E-state index >= 15 is 0 Å². The lowest BCUT2D eigenvalue weighted by atomic mass is 10.1. The summed E-state index contributed by atoms with van der Waals surface area (Å²) in [4.78, 5) is 8.97. The Morgan fingerprint density at radius 2 is 1.80 bits per heavy atom. The summed E-state index contributed by atoms with van der Waals surface area (Å²) in [6.07, 6.45) is 0. The number of rotatable bonds is 5. The van der Waals surface area contributed by atoms with Crippen LogP contribution in [0.25, 0.3) is 11.5 Å². The molecule has 0 fully saturated rings. The zero-order chi connectivity index (χ0) is 18.1. The van der Waals surface area contributed by atoms with E-state index < -0.39 is 0 Å². The molecule has 2 aromatic heterocycles. The van der Waals surface area contributed by atoms with Crippen molar-refractivity contribution in [2.75, 3.05) is 14.2 Å². The van der Waals surface area contributed by atoms with E-state index in [1.807, 2.05) is 44.5 Å². The van der Waals surface area contributed by atoms with Crippen molar-refractivity contribution in [3.63, 3.8) is 0 Å². The highest BCUT2D eigenvalue weighted by Gasteiger charge is 2.19. The predicted molar refractivity (Wildman–Crippen MR) is 93.1 cm³/mol. The molecule has 25 heavy (non-hydrogen) atoms. The van der Waals surface area contributed by atoms with Gasteiger partial charge in [-0.15, -0.1) is 0 Å². The predicted octanol–water partition coefficient (Wildman–Crippen LogP) is 3.23. The highest BCUT2D eigenvalue weighted by Crippen LogP contribution is 2.37. The van der Waals surface area contributed by atoms with Crippen molar-refractivity contribution in [3.05, 3.63) is 40.8 Å². The molecule has 132 valence electrons. The normalized spacial score (nSPS) is 11.0. The number of oxazole rings is 1. The van der Waals surface area contributed by atoms with Gasteiger partial charge in [0, 0.05) is 5.56 Å². The molecule has 3 aromatic rings. The Bertz CT molecular complexity index is 911. The number of aromatic nitrogens is 4. The molecule has 0 aliphatic carbocycles. The fourth-order valence-corrected chi connectivity index (χ4v) is 2.87. The lowest BCUT2D eigenvalue weighted by molar-refractivity contribution is 0.388. The number of ether oxygens (including phenoxy) is 2. The van der Waals surface area contributed by atoms with Crippen LogP contribution >= 0.6 is 0 Å². The van der Waals surface area contributed by atoms with Crippen molar-refractivity contribution >= 4 is 0 Å². The van der Waals surface area contributed by atoms with Gasteiger partial charge in [-0.05, 0) is 39.8 Å². The molecule has 0 aliphatic rings. The molecule has 0 saturated carbocycles. The Morgan fingerprint density at radius 3 is 2.40 bits per heavy atom. The molecule has 7 heteroatoms. The molecule has 0 radical (unpaired) electrons. The molecule has 0 N–H and O–H groups in total. The van der Waals surface area contributed by atoms with Crippen LogP contribution in [0, 0.1) is 27.7 Å². The molecule has 0 aliphatic heterocycles. The van der Waals surface area contributed by atoms with E-state index in [4.69, 9.17) is 13.9 Å². The summed E-state index contributed by atoms with van der Waals surface area (Å²) in [6.45, 7) is 8.15. The average Bonchev–Trinajstić information content (AvgIpc) is 3.09. The average molecular weight is 342 g/mol. The largest absolute Gasteiger partial charge is 0.496 e. The summed E-state index contributed by atoms with van der Waals surface area (Å²) in [5.41, 5.74) is 2.52. The first-order valence-corrected chi connectivity index (χ1v) is 8.01. The standard InChI is InChI=1S/C18H22N4O3/c1-10-16(23-5)8-7-14(17(10)24-6)18-20-15(11(2)25-18)9-22-13(4)19-12(3)21-22/h7-8H,9H2,1-6H3. The van der Waals surface area contributed by atoms with Gasteiger partial charge in [0.05, 0.1) is 26.3 Å². The van der Waals surface area contributed by atoms with E-state index in [9.17, 15) is 0 Å². The van der Waals surface area contributed by atoms with Gasteiger partial charge < -0.3 is 13.9 Å². The molecule has 1 aromatic carbocycles. The number of nitrogens with zero attached hydrogens (tertiary/aromatic N) is 4. The van der Waals surface area contributed by atoms with Gasteiger partial charge >= 0.3 is 0 Å². The van der Waals surface area contributed by atoms with Crippen LogP contribution in [0.5, 0.6) is 11.5 Å². The monoisotopic (exact) mass is 342 g/mol. The highest BCUT2D eigenvalue weighted by molar-refractivity contribution is 5.68. The van der Waals surface area contributed by atoms with E-state index in [1.165, 1.54) is 0 Å². The van der Waals surface area contributed by atoms with Crippen LogP contribution in [0.3, 0.4) is 0 Å². The third-order valence-electron chi connectivity index (χ3n) is 4.17. The summed E-state index contributed by atoms with van der Waals surface area (Å²) in [5, 5.41) is 4.38. The third kappa shape index (κ3) is 3.09. The van der Waals surface area contributed by atoms with E-state index in [-0.39, 0.29) is 0 Å². The number of hydrogen-bond donors (Lipinski definition) is 0. The van der Waals surface area contributed by atoms with E-state index in [0.717, 1.165) is 40.0 Å². The first kappa shape index (κ1) is 17.0.